The zero-order valence-corrected chi connectivity index (χ0v) is 12.4. The number of rotatable bonds is 5. The summed E-state index contributed by atoms with van der Waals surface area (Å²) in [4.78, 5) is 36.1. The highest BCUT2D eigenvalue weighted by Crippen LogP contribution is 2.14. The Bertz CT molecular complexity index is 529. The van der Waals surface area contributed by atoms with Crippen molar-refractivity contribution in [2.24, 2.45) is 0 Å². The van der Waals surface area contributed by atoms with E-state index in [2.05, 4.69) is 16.0 Å². The molecule has 0 fully saturated rings. The second-order valence-electron chi connectivity index (χ2n) is 4.78. The van der Waals surface area contributed by atoms with Crippen molar-refractivity contribution >= 4 is 29.1 Å². The molecule has 1 rings (SSSR count). The topological polar surface area (TPSA) is 90.5 Å². The van der Waals surface area contributed by atoms with Crippen molar-refractivity contribution < 1.29 is 14.4 Å². The molecule has 1 aromatic rings. The van der Waals surface area contributed by atoms with Crippen LogP contribution in [0.5, 0.6) is 0 Å². The van der Waals surface area contributed by atoms with Crippen molar-refractivity contribution in [2.45, 2.75) is 6.92 Å². The zero-order chi connectivity index (χ0) is 15.8. The lowest BCUT2D eigenvalue weighted by Gasteiger charge is -2.11. The Morgan fingerprint density at radius 2 is 1.67 bits per heavy atom. The van der Waals surface area contributed by atoms with E-state index in [1.807, 2.05) is 19.0 Å². The van der Waals surface area contributed by atoms with Crippen LogP contribution in [-0.4, -0.2) is 49.8 Å². The summed E-state index contributed by atoms with van der Waals surface area (Å²) in [6, 6.07) is 6.57. The van der Waals surface area contributed by atoms with E-state index in [9.17, 15) is 14.4 Å². The molecule has 0 aliphatic rings. The van der Waals surface area contributed by atoms with Crippen LogP contribution in [0.4, 0.5) is 11.4 Å². The van der Waals surface area contributed by atoms with Crippen molar-refractivity contribution in [1.82, 2.24) is 10.2 Å². The predicted molar refractivity (Wildman–Crippen MR) is 80.9 cm³/mol. The Hall–Kier alpha value is -2.41. The van der Waals surface area contributed by atoms with Gasteiger partial charge in [-0.3, -0.25) is 14.4 Å². The van der Waals surface area contributed by atoms with Gasteiger partial charge in [-0.15, -0.1) is 0 Å². The van der Waals surface area contributed by atoms with Gasteiger partial charge in [0, 0.05) is 31.4 Å². The van der Waals surface area contributed by atoms with Gasteiger partial charge in [-0.1, -0.05) is 6.07 Å². The Kier molecular flexibility index (Phi) is 6.35. The molecule has 0 bridgehead atoms. The molecule has 0 saturated heterocycles. The fourth-order valence-electron chi connectivity index (χ4n) is 1.54. The van der Waals surface area contributed by atoms with E-state index in [0.29, 0.717) is 24.5 Å². The smallest absolute Gasteiger partial charge is 0.313 e. The number of carbonyl (C=O) groups is 3. The van der Waals surface area contributed by atoms with Gasteiger partial charge in [-0.05, 0) is 32.3 Å². The van der Waals surface area contributed by atoms with Gasteiger partial charge in [0.1, 0.15) is 0 Å². The van der Waals surface area contributed by atoms with Crippen molar-refractivity contribution in [3.05, 3.63) is 24.3 Å². The Morgan fingerprint density at radius 3 is 2.24 bits per heavy atom. The van der Waals surface area contributed by atoms with Crippen LogP contribution in [0.15, 0.2) is 24.3 Å². The number of hydrogen-bond donors (Lipinski definition) is 3. The van der Waals surface area contributed by atoms with E-state index in [-0.39, 0.29) is 5.91 Å². The first-order chi connectivity index (χ1) is 9.88. The van der Waals surface area contributed by atoms with E-state index in [0.717, 1.165) is 0 Å². The van der Waals surface area contributed by atoms with Gasteiger partial charge < -0.3 is 20.9 Å². The monoisotopic (exact) mass is 292 g/mol. The van der Waals surface area contributed by atoms with E-state index in [4.69, 9.17) is 0 Å². The summed E-state index contributed by atoms with van der Waals surface area (Å²) in [7, 11) is 3.75. The average molecular weight is 292 g/mol. The molecule has 0 unspecified atom stereocenters. The molecular weight excluding hydrogens is 272 g/mol. The Morgan fingerprint density at radius 1 is 1.05 bits per heavy atom. The van der Waals surface area contributed by atoms with Crippen LogP contribution in [0.25, 0.3) is 0 Å². The number of nitrogens with zero attached hydrogens (tertiary/aromatic N) is 1. The van der Waals surface area contributed by atoms with E-state index < -0.39 is 11.8 Å². The fourth-order valence-corrected chi connectivity index (χ4v) is 1.54. The van der Waals surface area contributed by atoms with Crippen LogP contribution in [0, 0.1) is 0 Å². The molecule has 3 amide bonds. The molecule has 1 aromatic carbocycles. The zero-order valence-electron chi connectivity index (χ0n) is 12.4. The van der Waals surface area contributed by atoms with Crippen LogP contribution in [-0.2, 0) is 14.4 Å². The quantitative estimate of drug-likeness (QED) is 0.679. The minimum Gasteiger partial charge on any atom is -0.347 e. The Balaban J connectivity index is 2.54. The van der Waals surface area contributed by atoms with Gasteiger partial charge >= 0.3 is 11.8 Å². The lowest BCUT2D eigenvalue weighted by molar-refractivity contribution is -0.136. The third-order valence-electron chi connectivity index (χ3n) is 2.49. The first kappa shape index (κ1) is 16.6. The summed E-state index contributed by atoms with van der Waals surface area (Å²) in [5.74, 6) is -1.64. The van der Waals surface area contributed by atoms with Crippen molar-refractivity contribution in [3.8, 4) is 0 Å². The Labute approximate surface area is 123 Å². The number of amides is 3. The number of benzene rings is 1. The molecule has 0 spiro atoms. The van der Waals surface area contributed by atoms with Crippen molar-refractivity contribution in [2.75, 3.05) is 37.8 Å². The second-order valence-corrected chi connectivity index (χ2v) is 4.78. The maximum atomic E-state index is 11.7. The molecule has 0 aliphatic heterocycles. The summed E-state index contributed by atoms with van der Waals surface area (Å²) >= 11 is 0. The lowest BCUT2D eigenvalue weighted by Crippen LogP contribution is -2.38. The first-order valence-corrected chi connectivity index (χ1v) is 6.50. The fraction of sp³-hybridized carbons (Fsp3) is 0.357. The molecule has 0 aliphatic carbocycles. The van der Waals surface area contributed by atoms with Gasteiger partial charge in [0.25, 0.3) is 0 Å². The minimum absolute atomic E-state index is 0.208. The third kappa shape index (κ3) is 6.53. The number of hydrogen-bond acceptors (Lipinski definition) is 4. The number of carbonyl (C=O) groups excluding carboxylic acids is 3. The molecule has 0 saturated carbocycles. The molecule has 0 radical (unpaired) electrons. The maximum Gasteiger partial charge on any atom is 0.313 e. The summed E-state index contributed by atoms with van der Waals surface area (Å²) in [5, 5.41) is 7.59. The molecule has 0 aromatic heterocycles. The SMILES string of the molecule is CC(=O)Nc1cccc(NC(=O)C(=O)NCCN(C)C)c1. The van der Waals surface area contributed by atoms with Crippen LogP contribution in [0.2, 0.25) is 0 Å². The average Bonchev–Trinajstić information content (AvgIpc) is 2.37. The van der Waals surface area contributed by atoms with Gasteiger partial charge in [0.2, 0.25) is 5.91 Å². The number of anilines is 2. The van der Waals surface area contributed by atoms with Crippen LogP contribution >= 0.6 is 0 Å². The largest absolute Gasteiger partial charge is 0.347 e. The highest BCUT2D eigenvalue weighted by atomic mass is 16.2. The van der Waals surface area contributed by atoms with Crippen LogP contribution in [0.1, 0.15) is 6.92 Å². The molecule has 114 valence electrons. The molecule has 7 heteroatoms. The second kappa shape index (κ2) is 8.01. The summed E-state index contributed by atoms with van der Waals surface area (Å²) < 4.78 is 0. The standard InChI is InChI=1S/C14H20N4O3/c1-10(19)16-11-5-4-6-12(9-11)17-14(21)13(20)15-7-8-18(2)3/h4-6,9H,7-8H2,1-3H3,(H,15,20)(H,16,19)(H,17,21). The number of nitrogens with one attached hydrogen (secondary N) is 3. The van der Waals surface area contributed by atoms with E-state index >= 15 is 0 Å². The van der Waals surface area contributed by atoms with Gasteiger partial charge in [-0.25, -0.2) is 0 Å². The molecule has 3 N–H and O–H groups in total. The molecule has 7 nitrogen and oxygen atoms in total. The lowest BCUT2D eigenvalue weighted by atomic mass is 10.2. The van der Waals surface area contributed by atoms with Gasteiger partial charge in [0.05, 0.1) is 0 Å². The highest BCUT2D eigenvalue weighted by molar-refractivity contribution is 6.39. The third-order valence-corrected chi connectivity index (χ3v) is 2.49. The summed E-state index contributed by atoms with van der Waals surface area (Å²) in [5.41, 5.74) is 0.988. The molecule has 0 atom stereocenters. The summed E-state index contributed by atoms with van der Waals surface area (Å²) in [6.45, 7) is 2.44. The van der Waals surface area contributed by atoms with E-state index in [1.54, 1.807) is 24.3 Å². The molecule has 0 heterocycles. The minimum atomic E-state index is -0.742. The normalized spacial score (nSPS) is 10.1. The first-order valence-electron chi connectivity index (χ1n) is 6.50. The van der Waals surface area contributed by atoms with Gasteiger partial charge in [-0.2, -0.15) is 0 Å². The molecule has 21 heavy (non-hydrogen) atoms. The van der Waals surface area contributed by atoms with Crippen LogP contribution in [0.3, 0.4) is 0 Å². The highest BCUT2D eigenvalue weighted by Gasteiger charge is 2.13. The van der Waals surface area contributed by atoms with Gasteiger partial charge in [0.15, 0.2) is 0 Å². The predicted octanol–water partition coefficient (Wildman–Crippen LogP) is 0.261. The number of likely N-dealkylation sites (N-methyl/N-ethyl adjacent to an activating group) is 1. The molecular formula is C14H20N4O3. The van der Waals surface area contributed by atoms with Crippen molar-refractivity contribution in [1.29, 1.82) is 0 Å². The van der Waals surface area contributed by atoms with Crippen LogP contribution < -0.4 is 16.0 Å². The maximum absolute atomic E-state index is 11.7. The van der Waals surface area contributed by atoms with Crippen molar-refractivity contribution in [3.63, 3.8) is 0 Å². The summed E-state index contributed by atoms with van der Waals surface area (Å²) in [6.07, 6.45) is 0. The van der Waals surface area contributed by atoms with E-state index in [1.165, 1.54) is 6.92 Å².